The van der Waals surface area contributed by atoms with Crippen molar-refractivity contribution in [3.05, 3.63) is 92.4 Å². The van der Waals surface area contributed by atoms with Gasteiger partial charge in [0.25, 0.3) is 0 Å². The second-order valence-corrected chi connectivity index (χ2v) is 7.72. The molecule has 0 radical (unpaired) electrons. The van der Waals surface area contributed by atoms with Crippen LogP contribution in [0, 0.1) is 25.2 Å². The van der Waals surface area contributed by atoms with Gasteiger partial charge in [0.05, 0.1) is 18.5 Å². The highest BCUT2D eigenvalue weighted by Gasteiger charge is 2.19. The fourth-order valence-corrected chi connectivity index (χ4v) is 3.72. The first kappa shape index (κ1) is 19.3. The van der Waals surface area contributed by atoms with Gasteiger partial charge < -0.3 is 9.73 Å². The summed E-state index contributed by atoms with van der Waals surface area (Å²) in [6, 6.07) is 16.7. The van der Waals surface area contributed by atoms with Crippen molar-refractivity contribution in [2.45, 2.75) is 26.8 Å². The number of rotatable bonds is 4. The smallest absolute Gasteiger partial charge is 0.196 e. The number of fused-ring (bicyclic) bond motifs is 1. The molecule has 4 aromatic rings. The third kappa shape index (κ3) is 3.90. The van der Waals surface area contributed by atoms with Crippen molar-refractivity contribution in [2.75, 3.05) is 5.32 Å². The van der Waals surface area contributed by atoms with E-state index in [0.717, 1.165) is 11.1 Å². The zero-order chi connectivity index (χ0) is 23.0. The molecule has 5 nitrogen and oxygen atoms in total. The van der Waals surface area contributed by atoms with Crippen molar-refractivity contribution in [3.63, 3.8) is 0 Å². The predicted molar refractivity (Wildman–Crippen MR) is 123 cm³/mol. The molecule has 0 fully saturated rings. The molecule has 0 amide bonds. The van der Waals surface area contributed by atoms with Crippen molar-refractivity contribution >= 4 is 28.3 Å². The summed E-state index contributed by atoms with van der Waals surface area (Å²) in [6.07, 6.45) is 0. The van der Waals surface area contributed by atoms with E-state index in [2.05, 4.69) is 10.3 Å². The molecule has 0 aliphatic heterocycles. The van der Waals surface area contributed by atoms with Crippen molar-refractivity contribution in [1.82, 2.24) is 4.98 Å². The Bertz CT molecular complexity index is 1440. The second kappa shape index (κ2) is 8.25. The van der Waals surface area contributed by atoms with E-state index in [1.165, 1.54) is 0 Å². The normalized spacial score (nSPS) is 13.3. The molecule has 2 aromatic heterocycles. The Labute approximate surface area is 186 Å². The van der Waals surface area contributed by atoms with Crippen molar-refractivity contribution in [2.24, 2.45) is 0 Å². The summed E-state index contributed by atoms with van der Waals surface area (Å²) in [6.45, 7) is 5.24. The average Bonchev–Trinajstić information content (AvgIpc) is 2.77. The lowest BCUT2D eigenvalue weighted by atomic mass is 9.98. The molecular formula is C25H20ClN3O2. The van der Waals surface area contributed by atoms with E-state index < -0.39 is 6.02 Å². The number of aryl methyl sites for hydroxylation is 1. The Hall–Kier alpha value is -3.62. The summed E-state index contributed by atoms with van der Waals surface area (Å²) in [5.41, 5.74) is 3.21. The van der Waals surface area contributed by atoms with E-state index >= 15 is 0 Å². The van der Waals surface area contributed by atoms with Crippen LogP contribution in [-0.2, 0) is 0 Å². The largest absolute Gasteiger partial charge is 0.455 e. The number of benzene rings is 2. The maximum absolute atomic E-state index is 13.2. The zero-order valence-corrected chi connectivity index (χ0v) is 18.0. The lowest BCUT2D eigenvalue weighted by molar-refractivity contribution is 0.605. The van der Waals surface area contributed by atoms with Crippen molar-refractivity contribution in [1.29, 1.82) is 5.26 Å². The number of anilines is 1. The SMILES string of the molecule is [2H]C(C)(Nc1ccc(Cl)nc1C#N)c1cc(C)cc2c(=O)c(C)c(-c3ccccc3)oc12. The second-order valence-electron chi connectivity index (χ2n) is 7.33. The number of nitrogens with one attached hydrogen (secondary N) is 1. The van der Waals surface area contributed by atoms with Crippen molar-refractivity contribution < 1.29 is 5.79 Å². The van der Waals surface area contributed by atoms with Crippen LogP contribution in [0.2, 0.25) is 5.15 Å². The van der Waals surface area contributed by atoms with E-state index in [-0.39, 0.29) is 16.3 Å². The third-order valence-corrected chi connectivity index (χ3v) is 5.30. The van der Waals surface area contributed by atoms with Crippen LogP contribution in [-0.4, -0.2) is 4.98 Å². The summed E-state index contributed by atoms with van der Waals surface area (Å²) in [5.74, 6) is 0.467. The number of nitrogens with zero attached hydrogens (tertiary/aromatic N) is 2. The Balaban J connectivity index is 1.95. The first-order chi connectivity index (χ1) is 15.2. The first-order valence-corrected chi connectivity index (χ1v) is 10.1. The summed E-state index contributed by atoms with van der Waals surface area (Å²) >= 11 is 5.90. The van der Waals surface area contributed by atoms with E-state index in [1.54, 1.807) is 32.0 Å². The molecule has 1 unspecified atom stereocenters. The maximum Gasteiger partial charge on any atom is 0.196 e. The number of pyridine rings is 1. The third-order valence-electron chi connectivity index (χ3n) is 5.09. The molecule has 0 saturated carbocycles. The molecule has 154 valence electrons. The first-order valence-electron chi connectivity index (χ1n) is 10.2. The van der Waals surface area contributed by atoms with Crippen LogP contribution < -0.4 is 10.7 Å². The molecule has 6 heteroatoms. The van der Waals surface area contributed by atoms with Gasteiger partial charge >= 0.3 is 0 Å². The van der Waals surface area contributed by atoms with Crippen molar-refractivity contribution in [3.8, 4) is 17.4 Å². The highest BCUT2D eigenvalue weighted by Crippen LogP contribution is 2.32. The molecular weight excluding hydrogens is 410 g/mol. The van der Waals surface area contributed by atoms with Gasteiger partial charge in [0.1, 0.15) is 22.6 Å². The topological polar surface area (TPSA) is 78.9 Å². The van der Waals surface area contributed by atoms with Gasteiger partial charge in [0.15, 0.2) is 11.1 Å². The average molecular weight is 431 g/mol. The highest BCUT2D eigenvalue weighted by atomic mass is 35.5. The van der Waals surface area contributed by atoms with Crippen LogP contribution in [0.5, 0.6) is 0 Å². The zero-order valence-electron chi connectivity index (χ0n) is 18.3. The van der Waals surface area contributed by atoms with E-state index in [1.807, 2.05) is 49.4 Å². The maximum atomic E-state index is 13.2. The summed E-state index contributed by atoms with van der Waals surface area (Å²) in [4.78, 5) is 17.3. The minimum atomic E-state index is -1.44. The van der Waals surface area contributed by atoms with Crippen LogP contribution in [0.25, 0.3) is 22.3 Å². The van der Waals surface area contributed by atoms with E-state index in [0.29, 0.717) is 33.5 Å². The highest BCUT2D eigenvalue weighted by molar-refractivity contribution is 6.29. The minimum absolute atomic E-state index is 0.0789. The molecule has 0 spiro atoms. The lowest BCUT2D eigenvalue weighted by Crippen LogP contribution is -2.13. The Morgan fingerprint density at radius 1 is 1.19 bits per heavy atom. The van der Waals surface area contributed by atoms with Crippen LogP contribution in [0.4, 0.5) is 5.69 Å². The minimum Gasteiger partial charge on any atom is -0.455 e. The van der Waals surface area contributed by atoms with Crippen LogP contribution in [0.15, 0.2) is 63.8 Å². The van der Waals surface area contributed by atoms with Gasteiger partial charge in [-0.2, -0.15) is 5.26 Å². The number of hydrogen-bond donors (Lipinski definition) is 1. The fourth-order valence-electron chi connectivity index (χ4n) is 3.57. The van der Waals surface area contributed by atoms with Gasteiger partial charge in [0, 0.05) is 16.7 Å². The van der Waals surface area contributed by atoms with Gasteiger partial charge in [-0.15, -0.1) is 0 Å². The Morgan fingerprint density at radius 2 is 1.94 bits per heavy atom. The van der Waals surface area contributed by atoms with E-state index in [4.69, 9.17) is 17.4 Å². The standard InChI is InChI=1S/C25H20ClN3O2/c1-14-11-18(16(3)28-20-9-10-22(26)29-21(20)13-27)25-19(12-14)23(30)15(2)24(31-25)17-7-5-4-6-8-17/h4-12,16,28H,1-3H3/i16D. The predicted octanol–water partition coefficient (Wildman–Crippen LogP) is 6.17. The molecule has 2 heterocycles. The number of halogens is 1. The van der Waals surface area contributed by atoms with Crippen LogP contribution >= 0.6 is 11.6 Å². The van der Waals surface area contributed by atoms with Gasteiger partial charge in [0.2, 0.25) is 0 Å². The monoisotopic (exact) mass is 430 g/mol. The van der Waals surface area contributed by atoms with Gasteiger partial charge in [-0.3, -0.25) is 4.79 Å². The summed E-state index contributed by atoms with van der Waals surface area (Å²) < 4.78 is 15.3. The van der Waals surface area contributed by atoms with Crippen LogP contribution in [0.1, 0.15) is 36.7 Å². The Morgan fingerprint density at radius 3 is 2.65 bits per heavy atom. The molecule has 0 saturated heterocycles. The number of hydrogen-bond acceptors (Lipinski definition) is 5. The number of aromatic nitrogens is 1. The molecule has 1 N–H and O–H groups in total. The van der Waals surface area contributed by atoms with Gasteiger partial charge in [-0.1, -0.05) is 48.0 Å². The molecule has 31 heavy (non-hydrogen) atoms. The van der Waals surface area contributed by atoms with Crippen LogP contribution in [0.3, 0.4) is 0 Å². The number of nitriles is 1. The Kier molecular flexibility index (Phi) is 5.15. The molecule has 0 aliphatic carbocycles. The van der Waals surface area contributed by atoms with Gasteiger partial charge in [-0.25, -0.2) is 4.98 Å². The summed E-state index contributed by atoms with van der Waals surface area (Å²) in [7, 11) is 0. The molecule has 1 atom stereocenters. The molecule has 0 bridgehead atoms. The summed E-state index contributed by atoms with van der Waals surface area (Å²) in [5, 5.41) is 13.1. The molecule has 0 aliphatic rings. The van der Waals surface area contributed by atoms with Gasteiger partial charge in [-0.05, 0) is 44.5 Å². The quantitative estimate of drug-likeness (QED) is 0.391. The fraction of sp³-hybridized carbons (Fsp3) is 0.160. The molecule has 4 rings (SSSR count). The molecule has 2 aromatic carbocycles. The van der Waals surface area contributed by atoms with E-state index in [9.17, 15) is 10.1 Å². The lowest BCUT2D eigenvalue weighted by Gasteiger charge is -2.19.